The maximum absolute atomic E-state index is 13.2. The zero-order valence-electron chi connectivity index (χ0n) is 19.6. The number of ether oxygens (including phenoxy) is 1. The minimum Gasteiger partial charge on any atom is -0.479 e. The van der Waals surface area contributed by atoms with Crippen LogP contribution in [-0.2, 0) is 14.3 Å². The summed E-state index contributed by atoms with van der Waals surface area (Å²) in [5.74, 6) is -1.23. The number of aliphatic carboxylic acids is 1. The molecule has 8 nitrogen and oxygen atoms in total. The molecule has 1 fully saturated rings. The highest BCUT2D eigenvalue weighted by Gasteiger charge is 2.43. The number of carboxylic acid groups (broad SMARTS) is 1. The van der Waals surface area contributed by atoms with Crippen LogP contribution < -0.4 is 5.32 Å². The van der Waals surface area contributed by atoms with Gasteiger partial charge in [-0.2, -0.15) is 11.8 Å². The first-order valence-corrected chi connectivity index (χ1v) is 13.1. The first-order chi connectivity index (χ1) is 16.8. The predicted molar refractivity (Wildman–Crippen MR) is 133 cm³/mol. The molecule has 2 aliphatic rings. The van der Waals surface area contributed by atoms with Crippen LogP contribution in [-0.4, -0.2) is 76.4 Å². The van der Waals surface area contributed by atoms with E-state index >= 15 is 0 Å². The molecule has 2 aromatic carbocycles. The Labute approximate surface area is 208 Å². The SMILES string of the molecule is CSCC[C@H](NC(=O)OCC1c2ccccc2-c2ccccc21)C(=O)N1CCCC(O)(C(=O)O)C1. The highest BCUT2D eigenvalue weighted by Crippen LogP contribution is 2.44. The van der Waals surface area contributed by atoms with E-state index < -0.39 is 29.6 Å². The number of thioether (sulfide) groups is 1. The summed E-state index contributed by atoms with van der Waals surface area (Å²) >= 11 is 1.54. The lowest BCUT2D eigenvalue weighted by atomic mass is 9.92. The number of carboxylic acids is 1. The van der Waals surface area contributed by atoms with Gasteiger partial charge >= 0.3 is 12.1 Å². The average Bonchev–Trinajstić information content (AvgIpc) is 3.18. The fraction of sp³-hybridized carbons (Fsp3) is 0.423. The molecule has 0 spiro atoms. The number of hydrogen-bond acceptors (Lipinski definition) is 6. The van der Waals surface area contributed by atoms with Crippen molar-refractivity contribution in [2.45, 2.75) is 36.8 Å². The Morgan fingerprint density at radius 1 is 1.14 bits per heavy atom. The predicted octanol–water partition coefficient (Wildman–Crippen LogP) is 3.08. The van der Waals surface area contributed by atoms with Gasteiger partial charge in [-0.3, -0.25) is 4.79 Å². The van der Waals surface area contributed by atoms with Gasteiger partial charge in [-0.15, -0.1) is 0 Å². The topological polar surface area (TPSA) is 116 Å². The van der Waals surface area contributed by atoms with Crippen LogP contribution in [0.2, 0.25) is 0 Å². The van der Waals surface area contributed by atoms with Crippen LogP contribution in [0.1, 0.15) is 36.3 Å². The smallest absolute Gasteiger partial charge is 0.407 e. The number of hydrogen-bond donors (Lipinski definition) is 3. The number of nitrogens with zero attached hydrogens (tertiary/aromatic N) is 1. The molecular formula is C26H30N2O6S. The number of rotatable bonds is 8. The summed E-state index contributed by atoms with van der Waals surface area (Å²) < 4.78 is 5.60. The van der Waals surface area contributed by atoms with Gasteiger partial charge < -0.3 is 25.2 Å². The van der Waals surface area contributed by atoms with Crippen molar-refractivity contribution < 1.29 is 29.3 Å². The molecule has 2 aromatic rings. The van der Waals surface area contributed by atoms with Crippen LogP contribution in [0.4, 0.5) is 4.79 Å². The molecule has 1 heterocycles. The molecule has 4 rings (SSSR count). The van der Waals surface area contributed by atoms with Crippen molar-refractivity contribution in [3.8, 4) is 11.1 Å². The van der Waals surface area contributed by atoms with Crippen LogP contribution in [0, 0.1) is 0 Å². The fourth-order valence-electron chi connectivity index (χ4n) is 4.89. The van der Waals surface area contributed by atoms with Crippen LogP contribution in [0.3, 0.4) is 0 Å². The molecule has 1 aliphatic heterocycles. The summed E-state index contributed by atoms with van der Waals surface area (Å²) in [4.78, 5) is 38.7. The van der Waals surface area contributed by atoms with Crippen molar-refractivity contribution in [1.82, 2.24) is 10.2 Å². The van der Waals surface area contributed by atoms with Gasteiger partial charge in [0.25, 0.3) is 0 Å². The lowest BCUT2D eigenvalue weighted by molar-refractivity contribution is -0.167. The molecule has 1 saturated heterocycles. The second kappa shape index (κ2) is 10.7. The summed E-state index contributed by atoms with van der Waals surface area (Å²) in [6.07, 6.45) is 2.03. The minimum atomic E-state index is -1.97. The van der Waals surface area contributed by atoms with Crippen molar-refractivity contribution in [2.75, 3.05) is 31.7 Å². The van der Waals surface area contributed by atoms with E-state index in [1.54, 1.807) is 0 Å². The Bertz CT molecular complexity index is 1060. The van der Waals surface area contributed by atoms with Crippen LogP contribution >= 0.6 is 11.8 Å². The van der Waals surface area contributed by atoms with Gasteiger partial charge in [0.05, 0.1) is 6.54 Å². The number of alkyl carbamates (subject to hydrolysis) is 1. The number of carbonyl (C=O) groups is 3. The second-order valence-corrected chi connectivity index (χ2v) is 9.99. The lowest BCUT2D eigenvalue weighted by Gasteiger charge is -2.37. The third-order valence-corrected chi connectivity index (χ3v) is 7.37. The van der Waals surface area contributed by atoms with E-state index in [1.807, 2.05) is 42.7 Å². The molecular weight excluding hydrogens is 468 g/mol. The van der Waals surface area contributed by atoms with E-state index in [9.17, 15) is 24.6 Å². The molecule has 9 heteroatoms. The molecule has 2 atom stereocenters. The standard InChI is InChI=1S/C26H30N2O6S/c1-35-14-11-22(23(29)28-13-6-12-26(33,16-28)24(30)31)27-25(32)34-15-21-19-9-4-2-7-17(19)18-8-3-5-10-20(18)21/h2-5,7-10,21-22,33H,6,11-16H2,1H3,(H,27,32)(H,30,31)/t22-,26?/m0/s1. The Morgan fingerprint density at radius 3 is 2.37 bits per heavy atom. The molecule has 3 N–H and O–H groups in total. The maximum Gasteiger partial charge on any atom is 0.407 e. The van der Waals surface area contributed by atoms with E-state index in [4.69, 9.17) is 4.74 Å². The van der Waals surface area contributed by atoms with E-state index in [0.717, 1.165) is 22.3 Å². The van der Waals surface area contributed by atoms with Crippen molar-refractivity contribution in [1.29, 1.82) is 0 Å². The molecule has 35 heavy (non-hydrogen) atoms. The summed E-state index contributed by atoms with van der Waals surface area (Å²) in [7, 11) is 0. The lowest BCUT2D eigenvalue weighted by Crippen LogP contribution is -2.58. The molecule has 0 radical (unpaired) electrons. The summed E-state index contributed by atoms with van der Waals surface area (Å²) in [6, 6.07) is 15.2. The zero-order valence-corrected chi connectivity index (χ0v) is 20.4. The number of fused-ring (bicyclic) bond motifs is 3. The van der Waals surface area contributed by atoms with Crippen LogP contribution in [0.15, 0.2) is 48.5 Å². The number of carbonyl (C=O) groups excluding carboxylic acids is 2. The van der Waals surface area contributed by atoms with Gasteiger partial charge in [-0.05, 0) is 53.5 Å². The average molecular weight is 499 g/mol. The van der Waals surface area contributed by atoms with E-state index in [1.165, 1.54) is 16.7 Å². The highest BCUT2D eigenvalue weighted by atomic mass is 32.2. The minimum absolute atomic E-state index is 0.0847. The number of likely N-dealkylation sites (tertiary alicyclic amines) is 1. The normalized spacial score (nSPS) is 20.0. The van der Waals surface area contributed by atoms with Gasteiger partial charge in [-0.1, -0.05) is 48.5 Å². The van der Waals surface area contributed by atoms with E-state index in [2.05, 4.69) is 17.4 Å². The van der Waals surface area contributed by atoms with Crippen molar-refractivity contribution >= 4 is 29.7 Å². The zero-order chi connectivity index (χ0) is 25.0. The number of piperidine rings is 1. The maximum atomic E-state index is 13.2. The third kappa shape index (κ3) is 5.31. The van der Waals surface area contributed by atoms with Gasteiger partial charge in [0.2, 0.25) is 5.91 Å². The van der Waals surface area contributed by atoms with Crippen molar-refractivity contribution in [3.05, 3.63) is 59.7 Å². The number of benzene rings is 2. The van der Waals surface area contributed by atoms with Gasteiger partial charge in [0, 0.05) is 12.5 Å². The van der Waals surface area contributed by atoms with Gasteiger partial charge in [0.15, 0.2) is 5.60 Å². The number of amides is 2. The Balaban J connectivity index is 1.42. The first-order valence-electron chi connectivity index (χ1n) is 11.7. The molecule has 186 valence electrons. The van der Waals surface area contributed by atoms with E-state index in [-0.39, 0.29) is 25.5 Å². The Morgan fingerprint density at radius 2 is 1.77 bits per heavy atom. The molecule has 0 saturated carbocycles. The van der Waals surface area contributed by atoms with Gasteiger partial charge in [-0.25, -0.2) is 9.59 Å². The van der Waals surface area contributed by atoms with Crippen LogP contribution in [0.5, 0.6) is 0 Å². The number of β-amino-alcohol motifs (C(OH)–C–C–N with tert-alkyl or cyclic N) is 1. The van der Waals surface area contributed by atoms with Crippen molar-refractivity contribution in [3.63, 3.8) is 0 Å². The quantitative estimate of drug-likeness (QED) is 0.512. The van der Waals surface area contributed by atoms with Crippen molar-refractivity contribution in [2.24, 2.45) is 0 Å². The van der Waals surface area contributed by atoms with Crippen LogP contribution in [0.25, 0.3) is 11.1 Å². The van der Waals surface area contributed by atoms with Gasteiger partial charge in [0.1, 0.15) is 12.6 Å². The summed E-state index contributed by atoms with van der Waals surface area (Å²) in [5, 5.41) is 22.4. The third-order valence-electron chi connectivity index (χ3n) is 6.73. The molecule has 0 bridgehead atoms. The largest absolute Gasteiger partial charge is 0.479 e. The fourth-order valence-corrected chi connectivity index (χ4v) is 5.37. The highest BCUT2D eigenvalue weighted by molar-refractivity contribution is 7.98. The number of nitrogens with one attached hydrogen (secondary N) is 1. The monoisotopic (exact) mass is 498 g/mol. The molecule has 1 unspecified atom stereocenters. The first kappa shape index (κ1) is 25.1. The number of aliphatic hydroxyl groups is 1. The Hall–Kier alpha value is -3.04. The molecule has 1 aliphatic carbocycles. The molecule has 2 amide bonds. The second-order valence-electron chi connectivity index (χ2n) is 9.00. The summed E-state index contributed by atoms with van der Waals surface area (Å²) in [6.45, 7) is 0.158. The Kier molecular flexibility index (Phi) is 7.66. The summed E-state index contributed by atoms with van der Waals surface area (Å²) in [5.41, 5.74) is 2.47. The van der Waals surface area contributed by atoms with E-state index in [0.29, 0.717) is 25.1 Å². The molecule has 0 aromatic heterocycles.